The molecule has 7 heteroatoms. The second kappa shape index (κ2) is 4.97. The number of hydrogen-bond acceptors (Lipinski definition) is 3. The van der Waals surface area contributed by atoms with Gasteiger partial charge in [-0.3, -0.25) is 4.79 Å². The summed E-state index contributed by atoms with van der Waals surface area (Å²) >= 11 is 20.3. The first kappa shape index (κ1) is 13.8. The summed E-state index contributed by atoms with van der Waals surface area (Å²) in [5, 5.41) is 0.791. The van der Waals surface area contributed by atoms with Crippen LogP contribution in [0.3, 0.4) is 0 Å². The fraction of sp³-hybridized carbons (Fsp3) is 0. The van der Waals surface area contributed by atoms with E-state index in [1.165, 1.54) is 17.4 Å². The molecule has 0 saturated carbocycles. The van der Waals surface area contributed by atoms with Crippen LogP contribution >= 0.6 is 66.4 Å². The number of aromatic nitrogens is 1. The maximum atomic E-state index is 11.7. The first-order valence-electron chi connectivity index (χ1n) is 5.05. The van der Waals surface area contributed by atoms with Crippen molar-refractivity contribution >= 4 is 76.6 Å². The SMILES string of the molecule is O=c1cc(Br)c2nc3c(Br)cc(Cl)cc3sc-2c1Cl. The smallest absolute Gasteiger partial charge is 0.199 e. The summed E-state index contributed by atoms with van der Waals surface area (Å²) in [4.78, 5) is 16.9. The van der Waals surface area contributed by atoms with E-state index in [1.807, 2.05) is 0 Å². The lowest BCUT2D eigenvalue weighted by Gasteiger charge is -2.10. The van der Waals surface area contributed by atoms with Gasteiger partial charge in [-0.25, -0.2) is 4.98 Å². The Morgan fingerprint density at radius 3 is 2.58 bits per heavy atom. The minimum Gasteiger partial charge on any atom is -0.288 e. The van der Waals surface area contributed by atoms with E-state index < -0.39 is 0 Å². The van der Waals surface area contributed by atoms with Gasteiger partial charge in [0.15, 0.2) is 5.43 Å². The van der Waals surface area contributed by atoms with Crippen LogP contribution in [0.15, 0.2) is 31.9 Å². The Labute approximate surface area is 139 Å². The average Bonchev–Trinajstić information content (AvgIpc) is 2.34. The number of rotatable bonds is 0. The topological polar surface area (TPSA) is 30.0 Å². The second-order valence-corrected chi connectivity index (χ2v) is 7.37. The monoisotopic (exact) mass is 437 g/mol. The van der Waals surface area contributed by atoms with Gasteiger partial charge in [0.25, 0.3) is 0 Å². The van der Waals surface area contributed by atoms with E-state index in [1.54, 1.807) is 12.1 Å². The van der Waals surface area contributed by atoms with Crippen molar-refractivity contribution in [3.05, 3.63) is 47.4 Å². The van der Waals surface area contributed by atoms with Crippen molar-refractivity contribution < 1.29 is 0 Å². The second-order valence-electron chi connectivity index (χ2n) is 3.80. The highest BCUT2D eigenvalue weighted by molar-refractivity contribution is 9.11. The first-order chi connectivity index (χ1) is 8.97. The molecule has 19 heavy (non-hydrogen) atoms. The molecule has 0 saturated heterocycles. The molecule has 0 radical (unpaired) electrons. The van der Waals surface area contributed by atoms with Gasteiger partial charge in [0.2, 0.25) is 0 Å². The van der Waals surface area contributed by atoms with E-state index in [9.17, 15) is 4.79 Å². The standard InChI is InChI=1S/C12H3Br2Cl2NOS/c13-5-1-4(15)2-8-10(5)17-11-6(14)3-7(18)9(16)12(11)19-8/h1-3H. The van der Waals surface area contributed by atoms with Crippen molar-refractivity contribution in [3.8, 4) is 10.6 Å². The molecule has 0 aromatic heterocycles. The highest BCUT2D eigenvalue weighted by Gasteiger charge is 2.18. The van der Waals surface area contributed by atoms with Crippen LogP contribution in [-0.2, 0) is 0 Å². The maximum Gasteiger partial charge on any atom is 0.199 e. The Hall–Kier alpha value is -0.200. The van der Waals surface area contributed by atoms with E-state index in [-0.39, 0.29) is 10.5 Å². The van der Waals surface area contributed by atoms with Crippen LogP contribution in [0.2, 0.25) is 10.0 Å². The van der Waals surface area contributed by atoms with Gasteiger partial charge in [-0.2, -0.15) is 0 Å². The highest BCUT2D eigenvalue weighted by Crippen LogP contribution is 2.40. The zero-order chi connectivity index (χ0) is 13.7. The van der Waals surface area contributed by atoms with Gasteiger partial charge in [0.1, 0.15) is 5.02 Å². The summed E-state index contributed by atoms with van der Waals surface area (Å²) in [7, 11) is 0. The lowest BCUT2D eigenvalue weighted by molar-refractivity contribution is 1.38. The summed E-state index contributed by atoms with van der Waals surface area (Å²) in [6, 6.07) is 5.02. The number of hydrogen-bond donors (Lipinski definition) is 0. The molecule has 0 unspecified atom stereocenters. The molecule has 2 nitrogen and oxygen atoms in total. The number of fused-ring (bicyclic) bond motifs is 2. The maximum absolute atomic E-state index is 11.7. The van der Waals surface area contributed by atoms with Crippen molar-refractivity contribution in [3.63, 3.8) is 0 Å². The van der Waals surface area contributed by atoms with Crippen LogP contribution in [-0.4, -0.2) is 4.98 Å². The Balaban J connectivity index is 2.56. The molecule has 0 bridgehead atoms. The van der Waals surface area contributed by atoms with E-state index in [0.29, 0.717) is 20.1 Å². The van der Waals surface area contributed by atoms with Crippen LogP contribution in [0.25, 0.3) is 20.8 Å². The van der Waals surface area contributed by atoms with Crippen LogP contribution < -0.4 is 5.43 Å². The number of nitrogens with zero attached hydrogens (tertiary/aromatic N) is 1. The zero-order valence-corrected chi connectivity index (χ0v) is 14.5. The van der Waals surface area contributed by atoms with Crippen LogP contribution in [0.5, 0.6) is 0 Å². The summed E-state index contributed by atoms with van der Waals surface area (Å²) in [5.41, 5.74) is 1.24. The molecule has 3 rings (SSSR count). The van der Waals surface area contributed by atoms with Crippen LogP contribution in [0.4, 0.5) is 0 Å². The highest BCUT2D eigenvalue weighted by atomic mass is 79.9. The molecule has 1 heterocycles. The predicted molar refractivity (Wildman–Crippen MR) is 87.9 cm³/mol. The Morgan fingerprint density at radius 2 is 1.84 bits per heavy atom. The van der Waals surface area contributed by atoms with Gasteiger partial charge in [-0.15, -0.1) is 11.3 Å². The minimum atomic E-state index is -0.223. The van der Waals surface area contributed by atoms with Gasteiger partial charge in [0.05, 0.1) is 20.8 Å². The predicted octanol–water partition coefficient (Wildman–Crippen LogP) is 5.59. The van der Waals surface area contributed by atoms with Gasteiger partial charge in [-0.05, 0) is 44.0 Å². The molecule has 2 aliphatic rings. The van der Waals surface area contributed by atoms with Gasteiger partial charge in [0, 0.05) is 20.0 Å². The molecular formula is C12H3Br2Cl2NOS. The van der Waals surface area contributed by atoms with Crippen molar-refractivity contribution in [2.75, 3.05) is 0 Å². The third-order valence-corrected chi connectivity index (χ3v) is 5.59. The number of benzene rings is 2. The summed E-state index contributed by atoms with van der Waals surface area (Å²) in [5.74, 6) is 0. The van der Waals surface area contributed by atoms with Crippen molar-refractivity contribution in [2.24, 2.45) is 0 Å². The molecule has 0 amide bonds. The molecule has 1 aromatic carbocycles. The number of halogens is 4. The molecule has 1 aliphatic heterocycles. The van der Waals surface area contributed by atoms with E-state index in [2.05, 4.69) is 36.8 Å². The third-order valence-electron chi connectivity index (χ3n) is 2.54. The van der Waals surface area contributed by atoms with Gasteiger partial charge < -0.3 is 0 Å². The molecular weight excluding hydrogens is 437 g/mol. The Bertz CT molecular complexity index is 849. The fourth-order valence-corrected chi connectivity index (χ4v) is 4.80. The lowest BCUT2D eigenvalue weighted by Crippen LogP contribution is -2.03. The van der Waals surface area contributed by atoms with Crippen LogP contribution in [0, 0.1) is 0 Å². The molecule has 1 aliphatic carbocycles. The summed E-state index contributed by atoms with van der Waals surface area (Å²) < 4.78 is 2.31. The van der Waals surface area contributed by atoms with E-state index in [0.717, 1.165) is 14.7 Å². The quantitative estimate of drug-likeness (QED) is 0.427. The minimum absolute atomic E-state index is 0.189. The molecule has 0 atom stereocenters. The van der Waals surface area contributed by atoms with E-state index in [4.69, 9.17) is 23.2 Å². The van der Waals surface area contributed by atoms with E-state index >= 15 is 0 Å². The van der Waals surface area contributed by atoms with Crippen LogP contribution in [0.1, 0.15) is 0 Å². The van der Waals surface area contributed by atoms with Gasteiger partial charge in [-0.1, -0.05) is 23.2 Å². The zero-order valence-electron chi connectivity index (χ0n) is 9.01. The lowest BCUT2D eigenvalue weighted by atomic mass is 10.2. The van der Waals surface area contributed by atoms with Crippen molar-refractivity contribution in [1.29, 1.82) is 0 Å². The van der Waals surface area contributed by atoms with Crippen molar-refractivity contribution in [2.45, 2.75) is 0 Å². The molecule has 0 N–H and O–H groups in total. The third kappa shape index (κ3) is 2.32. The normalized spacial score (nSPS) is 11.4. The molecule has 96 valence electrons. The largest absolute Gasteiger partial charge is 0.288 e. The average molecular weight is 440 g/mol. The molecule has 0 spiro atoms. The molecule has 1 aromatic rings. The van der Waals surface area contributed by atoms with Crippen molar-refractivity contribution in [1.82, 2.24) is 4.98 Å². The van der Waals surface area contributed by atoms with Gasteiger partial charge >= 0.3 is 0 Å². The summed E-state index contributed by atoms with van der Waals surface area (Å²) in [6.45, 7) is 0. The fourth-order valence-electron chi connectivity index (χ4n) is 1.72. The Morgan fingerprint density at radius 1 is 1.11 bits per heavy atom. The Kier molecular flexibility index (Phi) is 3.60. The summed E-state index contributed by atoms with van der Waals surface area (Å²) in [6.07, 6.45) is 0. The first-order valence-corrected chi connectivity index (χ1v) is 8.21. The molecule has 0 fully saturated rings.